The van der Waals surface area contributed by atoms with Gasteiger partial charge in [-0.05, 0) is 107 Å². The van der Waals surface area contributed by atoms with E-state index in [1.54, 1.807) is 19.1 Å². The number of ether oxygens (including phenoxy) is 2. The highest BCUT2D eigenvalue weighted by Crippen LogP contribution is 2.47. The van der Waals surface area contributed by atoms with Gasteiger partial charge in [0, 0.05) is 28.2 Å². The van der Waals surface area contributed by atoms with Crippen molar-refractivity contribution < 1.29 is 39.2 Å². The molecule has 0 fully saturated rings. The Morgan fingerprint density at radius 2 is 1.57 bits per heavy atom. The van der Waals surface area contributed by atoms with Crippen molar-refractivity contribution in [2.24, 2.45) is 5.92 Å². The Labute approximate surface area is 280 Å². The van der Waals surface area contributed by atoms with E-state index in [1.165, 1.54) is 12.5 Å². The SMILES string of the molecule is CC(C)=CCC/C(C)=C/Cc1c(O)c(CC=C(C)C)c2c(c1O)C(=O)/C(=C/[C@@H](C=O)CCC(C)(C)OCC/C=C(\C)C(=O)O)C(C)O2. The second-order valence-corrected chi connectivity index (χ2v) is 13.6. The lowest BCUT2D eigenvalue weighted by Crippen LogP contribution is -2.30. The molecular weight excluding hydrogens is 596 g/mol. The first-order valence-electron chi connectivity index (χ1n) is 16.4. The van der Waals surface area contributed by atoms with Gasteiger partial charge < -0.3 is 29.6 Å². The summed E-state index contributed by atoms with van der Waals surface area (Å²) in [5.74, 6) is -2.21. The van der Waals surface area contributed by atoms with E-state index in [0.717, 1.165) is 30.3 Å². The van der Waals surface area contributed by atoms with Crippen molar-refractivity contribution in [1.82, 2.24) is 0 Å². The number of phenolic OH excluding ortho intramolecular Hbond substituents is 2. The minimum Gasteiger partial charge on any atom is -0.507 e. The van der Waals surface area contributed by atoms with Crippen LogP contribution in [0.2, 0.25) is 0 Å². The molecule has 1 aromatic rings. The number of aromatic hydroxyl groups is 2. The lowest BCUT2D eigenvalue weighted by Gasteiger charge is -2.30. The number of ketones is 1. The molecule has 0 radical (unpaired) electrons. The van der Waals surface area contributed by atoms with Gasteiger partial charge in [0.1, 0.15) is 35.2 Å². The van der Waals surface area contributed by atoms with Gasteiger partial charge in [0.25, 0.3) is 0 Å². The van der Waals surface area contributed by atoms with Crippen LogP contribution in [0.3, 0.4) is 0 Å². The minimum atomic E-state index is -0.965. The fourth-order valence-electron chi connectivity index (χ4n) is 5.29. The fraction of sp³-hybridized carbons (Fsp3) is 0.513. The van der Waals surface area contributed by atoms with Crippen LogP contribution >= 0.6 is 0 Å². The molecule has 0 amide bonds. The van der Waals surface area contributed by atoms with E-state index in [0.29, 0.717) is 37.9 Å². The van der Waals surface area contributed by atoms with Crippen LogP contribution < -0.4 is 4.74 Å². The van der Waals surface area contributed by atoms with Crippen molar-refractivity contribution in [3.05, 3.63) is 74.9 Å². The van der Waals surface area contributed by atoms with E-state index in [2.05, 4.69) is 19.9 Å². The van der Waals surface area contributed by atoms with Gasteiger partial charge in [-0.25, -0.2) is 4.79 Å². The molecule has 0 saturated heterocycles. The Morgan fingerprint density at radius 1 is 0.936 bits per heavy atom. The third-order valence-corrected chi connectivity index (χ3v) is 8.32. The molecule has 258 valence electrons. The number of rotatable bonds is 17. The number of carbonyl (C=O) groups excluding carboxylic acids is 2. The van der Waals surface area contributed by atoms with Gasteiger partial charge in [0.05, 0.1) is 12.2 Å². The summed E-state index contributed by atoms with van der Waals surface area (Å²) in [5.41, 5.74) is 4.06. The largest absolute Gasteiger partial charge is 0.507 e. The average molecular weight is 651 g/mol. The van der Waals surface area contributed by atoms with E-state index >= 15 is 0 Å². The molecule has 0 saturated carbocycles. The molecule has 1 heterocycles. The van der Waals surface area contributed by atoms with Gasteiger partial charge in [-0.15, -0.1) is 0 Å². The van der Waals surface area contributed by atoms with E-state index in [4.69, 9.17) is 14.6 Å². The quantitative estimate of drug-likeness (QED) is 0.0662. The zero-order chi connectivity index (χ0) is 35.5. The first-order chi connectivity index (χ1) is 22.0. The van der Waals surface area contributed by atoms with E-state index in [9.17, 15) is 24.6 Å². The third-order valence-electron chi connectivity index (χ3n) is 8.32. The van der Waals surface area contributed by atoms with Crippen LogP contribution in [0.25, 0.3) is 0 Å². The smallest absolute Gasteiger partial charge is 0.330 e. The van der Waals surface area contributed by atoms with Crippen LogP contribution in [0.4, 0.5) is 0 Å². The number of hydrogen-bond donors (Lipinski definition) is 3. The van der Waals surface area contributed by atoms with Crippen LogP contribution in [-0.4, -0.2) is 51.7 Å². The van der Waals surface area contributed by atoms with Crippen LogP contribution in [0, 0.1) is 5.92 Å². The number of hydrogen-bond acceptors (Lipinski definition) is 7. The molecule has 47 heavy (non-hydrogen) atoms. The molecule has 0 bridgehead atoms. The highest BCUT2D eigenvalue weighted by molar-refractivity contribution is 6.14. The van der Waals surface area contributed by atoms with E-state index in [-0.39, 0.29) is 45.9 Å². The lowest BCUT2D eigenvalue weighted by atomic mass is 9.86. The molecule has 8 nitrogen and oxygen atoms in total. The molecule has 0 aromatic heterocycles. The van der Waals surface area contributed by atoms with Crippen LogP contribution in [0.15, 0.2) is 58.2 Å². The fourth-order valence-corrected chi connectivity index (χ4v) is 5.29. The molecule has 2 atom stereocenters. The van der Waals surface area contributed by atoms with Gasteiger partial charge >= 0.3 is 5.97 Å². The number of carboxylic acids is 1. The number of allylic oxidation sites excluding steroid dienone is 7. The monoisotopic (exact) mass is 650 g/mol. The van der Waals surface area contributed by atoms with Gasteiger partial charge in [-0.1, -0.05) is 47.1 Å². The highest BCUT2D eigenvalue weighted by atomic mass is 16.5. The number of benzene rings is 1. The normalized spacial score (nSPS) is 16.7. The topological polar surface area (TPSA) is 130 Å². The number of carbonyl (C=O) groups is 3. The summed E-state index contributed by atoms with van der Waals surface area (Å²) in [4.78, 5) is 37.2. The molecule has 1 aromatic carbocycles. The maximum Gasteiger partial charge on any atom is 0.330 e. The second-order valence-electron chi connectivity index (χ2n) is 13.6. The maximum absolute atomic E-state index is 14.1. The Bertz CT molecular complexity index is 1460. The summed E-state index contributed by atoms with van der Waals surface area (Å²) in [6.45, 7) is 17.4. The van der Waals surface area contributed by atoms with E-state index < -0.39 is 29.4 Å². The summed E-state index contributed by atoms with van der Waals surface area (Å²) in [5, 5.41) is 31.8. The highest BCUT2D eigenvalue weighted by Gasteiger charge is 2.37. The summed E-state index contributed by atoms with van der Waals surface area (Å²) in [7, 11) is 0. The number of phenols is 2. The molecule has 2 rings (SSSR count). The number of fused-ring (bicyclic) bond motifs is 1. The van der Waals surface area contributed by atoms with Crippen molar-refractivity contribution in [2.45, 2.75) is 119 Å². The van der Waals surface area contributed by atoms with Crippen LogP contribution in [0.5, 0.6) is 17.2 Å². The van der Waals surface area contributed by atoms with Gasteiger partial charge in [0.15, 0.2) is 5.78 Å². The van der Waals surface area contributed by atoms with Crippen molar-refractivity contribution in [1.29, 1.82) is 0 Å². The molecule has 1 aliphatic heterocycles. The Hall–Kier alpha value is -3.91. The van der Waals surface area contributed by atoms with Crippen LogP contribution in [0.1, 0.15) is 116 Å². The van der Waals surface area contributed by atoms with E-state index in [1.807, 2.05) is 46.8 Å². The summed E-state index contributed by atoms with van der Waals surface area (Å²) < 4.78 is 12.2. The number of Topliss-reactive ketones (excluding diaryl/α,β-unsaturated/α-hetero) is 1. The zero-order valence-corrected chi connectivity index (χ0v) is 29.7. The molecule has 0 spiro atoms. The summed E-state index contributed by atoms with van der Waals surface area (Å²) >= 11 is 0. The molecule has 8 heteroatoms. The van der Waals surface area contributed by atoms with Crippen molar-refractivity contribution in [3.8, 4) is 17.2 Å². The average Bonchev–Trinajstić information content (AvgIpc) is 2.98. The predicted octanol–water partition coefficient (Wildman–Crippen LogP) is 8.54. The molecule has 3 N–H and O–H groups in total. The van der Waals surface area contributed by atoms with Crippen molar-refractivity contribution in [3.63, 3.8) is 0 Å². The Kier molecular flexibility index (Phi) is 14.9. The summed E-state index contributed by atoms with van der Waals surface area (Å²) in [6.07, 6.45) is 13.1. The molecular formula is C39H54O8. The standard InChI is InChI=1S/C39H54O8/c1-24(2)12-10-13-26(5)16-18-30-34(41)31(17-15-25(3)4)37-33(35(30)42)36(43)32(28(7)47-37)22-29(23-40)19-20-39(8,9)46-21-11-14-27(6)38(44)45/h12,14-16,22-23,28-29,41-42H,10-11,13,17-21H2,1-9H3,(H,44,45)/b26-16+,27-14+,32-22+/t28?,29-/m0/s1. The van der Waals surface area contributed by atoms with Crippen LogP contribution in [-0.2, 0) is 27.2 Å². The first kappa shape index (κ1) is 39.3. The predicted molar refractivity (Wildman–Crippen MR) is 186 cm³/mol. The molecule has 1 unspecified atom stereocenters. The van der Waals surface area contributed by atoms with Gasteiger partial charge in [-0.3, -0.25) is 4.79 Å². The maximum atomic E-state index is 14.1. The second kappa shape index (κ2) is 17.9. The number of carboxylic acid groups (broad SMARTS) is 1. The van der Waals surface area contributed by atoms with Gasteiger partial charge in [0.2, 0.25) is 0 Å². The number of aldehydes is 1. The summed E-state index contributed by atoms with van der Waals surface area (Å²) in [6, 6.07) is 0. The van der Waals surface area contributed by atoms with Gasteiger partial charge in [-0.2, -0.15) is 0 Å². The van der Waals surface area contributed by atoms with Crippen molar-refractivity contribution >= 4 is 18.0 Å². The van der Waals surface area contributed by atoms with Crippen molar-refractivity contribution in [2.75, 3.05) is 6.61 Å². The molecule has 1 aliphatic rings. The Balaban J connectivity index is 2.40. The minimum absolute atomic E-state index is 0.00733. The Morgan fingerprint density at radius 3 is 2.17 bits per heavy atom. The molecule has 0 aliphatic carbocycles. The zero-order valence-electron chi connectivity index (χ0n) is 29.7. The third kappa shape index (κ3) is 11.7. The lowest BCUT2D eigenvalue weighted by molar-refractivity contribution is -0.132. The first-order valence-corrected chi connectivity index (χ1v) is 16.4. The number of aliphatic carboxylic acids is 1.